The number of hydrogen-bond acceptors (Lipinski definition) is 2. The van der Waals surface area contributed by atoms with Crippen LogP contribution in [0.25, 0.3) is 10.9 Å². The number of carbonyl (C=O) groups is 1. The lowest BCUT2D eigenvalue weighted by Crippen LogP contribution is -2.34. The van der Waals surface area contributed by atoms with E-state index >= 15 is 0 Å². The van der Waals surface area contributed by atoms with E-state index in [-0.39, 0.29) is 5.91 Å². The van der Waals surface area contributed by atoms with Crippen LogP contribution >= 0.6 is 0 Å². The van der Waals surface area contributed by atoms with Gasteiger partial charge in [-0.05, 0) is 69.0 Å². The minimum absolute atomic E-state index is 0.115. The summed E-state index contributed by atoms with van der Waals surface area (Å²) in [4.78, 5) is 15.6. The Morgan fingerprint density at radius 1 is 1.41 bits per heavy atom. The lowest BCUT2D eigenvalue weighted by atomic mass is 9.85. The topological polar surface area (TPSA) is 56.9 Å². The van der Waals surface area contributed by atoms with Gasteiger partial charge in [0.2, 0.25) is 5.91 Å². The van der Waals surface area contributed by atoms with Crippen molar-refractivity contribution in [1.29, 1.82) is 0 Å². The molecule has 1 fully saturated rings. The Morgan fingerprint density at radius 2 is 2.27 bits per heavy atom. The molecule has 2 unspecified atom stereocenters. The maximum atomic E-state index is 12.3. The van der Waals surface area contributed by atoms with E-state index in [0.717, 1.165) is 35.4 Å². The van der Waals surface area contributed by atoms with Gasteiger partial charge in [0.1, 0.15) is 0 Å². The predicted molar refractivity (Wildman–Crippen MR) is 91.0 cm³/mol. The summed E-state index contributed by atoms with van der Waals surface area (Å²) in [5.74, 6) is 1.16. The zero-order chi connectivity index (χ0) is 15.5. The molecular weight excluding hydrogens is 274 g/mol. The number of aryl methyl sites for hydroxylation is 1. The zero-order valence-corrected chi connectivity index (χ0v) is 13.4. The van der Waals surface area contributed by atoms with E-state index in [1.54, 1.807) is 0 Å². The number of anilines is 1. The summed E-state index contributed by atoms with van der Waals surface area (Å²) in [7, 11) is 0. The van der Waals surface area contributed by atoms with Crippen molar-refractivity contribution in [2.75, 3.05) is 18.4 Å². The maximum Gasteiger partial charge on any atom is 0.224 e. The van der Waals surface area contributed by atoms with Gasteiger partial charge < -0.3 is 15.6 Å². The largest absolute Gasteiger partial charge is 0.359 e. The Bertz CT molecular complexity index is 655. The number of fused-ring (bicyclic) bond motifs is 1. The monoisotopic (exact) mass is 299 g/mol. The van der Waals surface area contributed by atoms with Crippen LogP contribution in [0.5, 0.6) is 0 Å². The van der Waals surface area contributed by atoms with Gasteiger partial charge in [0, 0.05) is 28.7 Å². The highest BCUT2D eigenvalue weighted by Crippen LogP contribution is 2.24. The molecule has 1 aliphatic rings. The molecule has 1 saturated heterocycles. The molecule has 1 aromatic carbocycles. The average Bonchev–Trinajstić information content (AvgIpc) is 2.87. The molecule has 1 aliphatic heterocycles. The standard InChI is InChI=1S/C18H25N3O/c1-12(14-4-3-7-19-11-14)8-18(22)21-16-5-6-17-15(10-16)9-13(2)20-17/h5-6,9-10,12,14,19-20H,3-4,7-8,11H2,1-2H3,(H,21,22). The van der Waals surface area contributed by atoms with E-state index in [9.17, 15) is 4.79 Å². The molecule has 3 rings (SSSR count). The van der Waals surface area contributed by atoms with Crippen LogP contribution in [0.3, 0.4) is 0 Å². The van der Waals surface area contributed by atoms with Crippen LogP contribution in [0, 0.1) is 18.8 Å². The highest BCUT2D eigenvalue weighted by molar-refractivity contribution is 5.94. The van der Waals surface area contributed by atoms with Crippen molar-refractivity contribution < 1.29 is 4.79 Å². The maximum absolute atomic E-state index is 12.3. The number of H-pyrrole nitrogens is 1. The Labute approximate surface area is 131 Å². The first-order valence-corrected chi connectivity index (χ1v) is 8.22. The molecule has 0 aliphatic carbocycles. The van der Waals surface area contributed by atoms with Gasteiger partial charge in [0.25, 0.3) is 0 Å². The smallest absolute Gasteiger partial charge is 0.224 e. The molecule has 0 radical (unpaired) electrons. The Morgan fingerprint density at radius 3 is 3.05 bits per heavy atom. The highest BCUT2D eigenvalue weighted by atomic mass is 16.1. The summed E-state index contributed by atoms with van der Waals surface area (Å²) in [6.07, 6.45) is 3.05. The molecule has 0 bridgehead atoms. The van der Waals surface area contributed by atoms with Gasteiger partial charge in [-0.2, -0.15) is 0 Å². The molecule has 1 amide bonds. The number of amides is 1. The van der Waals surface area contributed by atoms with Crippen molar-refractivity contribution in [2.24, 2.45) is 11.8 Å². The molecule has 118 valence electrons. The Hall–Kier alpha value is -1.81. The molecule has 2 heterocycles. The average molecular weight is 299 g/mol. The third-order valence-electron chi connectivity index (χ3n) is 4.69. The van der Waals surface area contributed by atoms with Gasteiger partial charge >= 0.3 is 0 Å². The van der Waals surface area contributed by atoms with Crippen LogP contribution in [0.15, 0.2) is 24.3 Å². The minimum Gasteiger partial charge on any atom is -0.359 e. The van der Waals surface area contributed by atoms with Crippen LogP contribution in [0.2, 0.25) is 0 Å². The van der Waals surface area contributed by atoms with Gasteiger partial charge in [-0.25, -0.2) is 0 Å². The molecular formula is C18H25N3O. The summed E-state index contributed by atoms with van der Waals surface area (Å²) in [6, 6.07) is 8.11. The van der Waals surface area contributed by atoms with Gasteiger partial charge in [0.05, 0.1) is 0 Å². The quantitative estimate of drug-likeness (QED) is 0.810. The van der Waals surface area contributed by atoms with E-state index < -0.39 is 0 Å². The van der Waals surface area contributed by atoms with E-state index in [1.165, 1.54) is 12.8 Å². The summed E-state index contributed by atoms with van der Waals surface area (Å²) >= 11 is 0. The number of nitrogens with one attached hydrogen (secondary N) is 3. The summed E-state index contributed by atoms with van der Waals surface area (Å²) in [6.45, 7) is 6.39. The van der Waals surface area contributed by atoms with Gasteiger partial charge in [-0.15, -0.1) is 0 Å². The number of aromatic amines is 1. The molecule has 4 nitrogen and oxygen atoms in total. The fourth-order valence-electron chi connectivity index (χ4n) is 3.39. The van der Waals surface area contributed by atoms with E-state index in [4.69, 9.17) is 0 Å². The van der Waals surface area contributed by atoms with Crippen molar-refractivity contribution in [3.63, 3.8) is 0 Å². The normalized spacial score (nSPS) is 20.0. The molecule has 0 saturated carbocycles. The first-order chi connectivity index (χ1) is 10.6. The molecule has 4 heteroatoms. The van der Waals surface area contributed by atoms with Crippen LogP contribution in [0.4, 0.5) is 5.69 Å². The lowest BCUT2D eigenvalue weighted by Gasteiger charge is -2.28. The van der Waals surface area contributed by atoms with Crippen molar-refractivity contribution in [3.05, 3.63) is 30.0 Å². The summed E-state index contributed by atoms with van der Waals surface area (Å²) in [5.41, 5.74) is 3.12. The summed E-state index contributed by atoms with van der Waals surface area (Å²) < 4.78 is 0. The van der Waals surface area contributed by atoms with Crippen molar-refractivity contribution >= 4 is 22.5 Å². The third-order valence-corrected chi connectivity index (χ3v) is 4.69. The van der Waals surface area contributed by atoms with Crippen LogP contribution in [-0.4, -0.2) is 24.0 Å². The number of rotatable bonds is 4. The molecule has 3 N–H and O–H groups in total. The Balaban J connectivity index is 1.59. The number of aromatic nitrogens is 1. The van der Waals surface area contributed by atoms with Gasteiger partial charge in [-0.1, -0.05) is 6.92 Å². The van der Waals surface area contributed by atoms with Crippen molar-refractivity contribution in [1.82, 2.24) is 10.3 Å². The van der Waals surface area contributed by atoms with E-state index in [2.05, 4.69) is 28.6 Å². The number of hydrogen-bond donors (Lipinski definition) is 3. The second-order valence-electron chi connectivity index (χ2n) is 6.59. The van der Waals surface area contributed by atoms with Gasteiger partial charge in [0.15, 0.2) is 0 Å². The third kappa shape index (κ3) is 3.50. The first-order valence-electron chi connectivity index (χ1n) is 8.22. The van der Waals surface area contributed by atoms with Crippen LogP contribution in [-0.2, 0) is 4.79 Å². The van der Waals surface area contributed by atoms with Crippen LogP contribution in [0.1, 0.15) is 31.9 Å². The first kappa shape index (κ1) is 15.1. The van der Waals surface area contributed by atoms with E-state index in [0.29, 0.717) is 18.3 Å². The zero-order valence-electron chi connectivity index (χ0n) is 13.4. The number of carbonyl (C=O) groups excluding carboxylic acids is 1. The minimum atomic E-state index is 0.115. The highest BCUT2D eigenvalue weighted by Gasteiger charge is 2.22. The fourth-order valence-corrected chi connectivity index (χ4v) is 3.39. The fraction of sp³-hybridized carbons (Fsp3) is 0.500. The molecule has 2 aromatic rings. The SMILES string of the molecule is Cc1cc2cc(NC(=O)CC(C)C3CCCNC3)ccc2[nH]1. The van der Waals surface area contributed by atoms with Crippen molar-refractivity contribution in [2.45, 2.75) is 33.1 Å². The second-order valence-corrected chi connectivity index (χ2v) is 6.59. The van der Waals surface area contributed by atoms with E-state index in [1.807, 2.05) is 25.1 Å². The van der Waals surface area contributed by atoms with Gasteiger partial charge in [-0.3, -0.25) is 4.79 Å². The second kappa shape index (κ2) is 6.53. The lowest BCUT2D eigenvalue weighted by molar-refractivity contribution is -0.117. The van der Waals surface area contributed by atoms with Crippen molar-refractivity contribution in [3.8, 4) is 0 Å². The molecule has 2 atom stereocenters. The van der Waals surface area contributed by atoms with Crippen LogP contribution < -0.4 is 10.6 Å². The molecule has 22 heavy (non-hydrogen) atoms. The Kier molecular flexibility index (Phi) is 4.48. The number of benzene rings is 1. The molecule has 1 aromatic heterocycles. The number of piperidine rings is 1. The summed E-state index contributed by atoms with van der Waals surface area (Å²) in [5, 5.41) is 7.60. The molecule has 0 spiro atoms. The predicted octanol–water partition coefficient (Wildman–Crippen LogP) is 3.44.